The third-order valence-electron chi connectivity index (χ3n) is 5.79. The topological polar surface area (TPSA) is 48.1 Å². The molecule has 28 heavy (non-hydrogen) atoms. The van der Waals surface area contributed by atoms with Gasteiger partial charge >= 0.3 is 0 Å². The lowest BCUT2D eigenvalue weighted by atomic mass is 9.99. The lowest BCUT2D eigenvalue weighted by Gasteiger charge is -2.12. The maximum atomic E-state index is 6.03. The molecule has 0 atom stereocenters. The van der Waals surface area contributed by atoms with E-state index in [0.29, 0.717) is 0 Å². The van der Waals surface area contributed by atoms with Gasteiger partial charge in [0, 0.05) is 17.5 Å². The van der Waals surface area contributed by atoms with Crippen LogP contribution in [0.25, 0.3) is 10.6 Å². The highest BCUT2D eigenvalue weighted by Gasteiger charge is 2.17. The van der Waals surface area contributed by atoms with Crippen LogP contribution >= 0.6 is 11.3 Å². The van der Waals surface area contributed by atoms with Crippen LogP contribution in [0.1, 0.15) is 52.8 Å². The average molecular weight is 393 g/mol. The quantitative estimate of drug-likeness (QED) is 0.446. The summed E-state index contributed by atoms with van der Waals surface area (Å²) in [5.41, 5.74) is 15.7. The van der Waals surface area contributed by atoms with Gasteiger partial charge in [-0.15, -0.1) is 11.3 Å². The molecular weight excluding hydrogens is 364 g/mol. The minimum atomic E-state index is 0.830. The number of fused-ring (bicyclic) bond motifs is 1. The van der Waals surface area contributed by atoms with Gasteiger partial charge in [-0.3, -0.25) is 0 Å². The Morgan fingerprint density at radius 3 is 2.50 bits per heavy atom. The number of hydrogen-bond acceptors (Lipinski definition) is 4. The highest BCUT2D eigenvalue weighted by Crippen LogP contribution is 2.37. The van der Waals surface area contributed by atoms with Gasteiger partial charge in [-0.1, -0.05) is 12.5 Å². The van der Waals surface area contributed by atoms with Crippen molar-refractivity contribution in [3.63, 3.8) is 0 Å². The number of ether oxygens (including phenoxy) is 1. The molecule has 1 heterocycles. The number of anilines is 1. The Morgan fingerprint density at radius 1 is 1.00 bits per heavy atom. The zero-order valence-electron chi connectivity index (χ0n) is 17.0. The van der Waals surface area contributed by atoms with Crippen LogP contribution in [-0.4, -0.2) is 12.1 Å². The van der Waals surface area contributed by atoms with Gasteiger partial charge in [0.15, 0.2) is 0 Å². The summed E-state index contributed by atoms with van der Waals surface area (Å²) < 4.78 is 5.73. The first kappa shape index (κ1) is 19.0. The van der Waals surface area contributed by atoms with Crippen molar-refractivity contribution in [2.24, 2.45) is 0 Å². The summed E-state index contributed by atoms with van der Waals surface area (Å²) in [5.74, 6) is 0.945. The number of hydrogen-bond donors (Lipinski definition) is 1. The van der Waals surface area contributed by atoms with E-state index in [1.807, 2.05) is 0 Å². The van der Waals surface area contributed by atoms with Crippen LogP contribution in [0.3, 0.4) is 0 Å². The smallest absolute Gasteiger partial charge is 0.129 e. The van der Waals surface area contributed by atoms with Crippen LogP contribution in [0.2, 0.25) is 0 Å². The largest absolute Gasteiger partial charge is 0.496 e. The summed E-state index contributed by atoms with van der Waals surface area (Å²) in [6.45, 7) is 4.18. The fourth-order valence-corrected chi connectivity index (χ4v) is 4.91. The van der Waals surface area contributed by atoms with Crippen molar-refractivity contribution in [1.82, 2.24) is 4.98 Å². The number of methoxy groups -OCH3 is 1. The maximum Gasteiger partial charge on any atom is 0.129 e. The number of nitrogens with zero attached hydrogens (tertiary/aromatic N) is 1. The molecular formula is C24H28N2OS. The van der Waals surface area contributed by atoms with Crippen molar-refractivity contribution < 1.29 is 4.74 Å². The van der Waals surface area contributed by atoms with Crippen LogP contribution < -0.4 is 10.5 Å². The van der Waals surface area contributed by atoms with E-state index in [-0.39, 0.29) is 0 Å². The number of aromatic nitrogens is 1. The van der Waals surface area contributed by atoms with E-state index in [4.69, 9.17) is 15.5 Å². The summed E-state index contributed by atoms with van der Waals surface area (Å²) in [5, 5.41) is 3.22. The standard InChI is InChI=1S/C24H28N2OS/c1-15-10-22(25)16(2)9-19(15)11-20-14-28-24(26-20)21-12-17-7-5-4-6-8-18(17)13-23(21)27-3/h9-10,12-14H,4-8,11,25H2,1-3H3. The molecule has 1 aliphatic rings. The molecule has 3 aromatic rings. The molecule has 1 aromatic heterocycles. The highest BCUT2D eigenvalue weighted by molar-refractivity contribution is 7.13. The first-order valence-electron chi connectivity index (χ1n) is 10.1. The third-order valence-corrected chi connectivity index (χ3v) is 6.72. The first-order valence-corrected chi connectivity index (χ1v) is 10.9. The molecule has 0 fully saturated rings. The first-order chi connectivity index (χ1) is 13.5. The summed E-state index contributed by atoms with van der Waals surface area (Å²) in [6.07, 6.45) is 7.01. The SMILES string of the molecule is COc1cc2c(cc1-c1nc(Cc3cc(C)c(N)cc3C)cs1)CCCCC2. The van der Waals surface area contributed by atoms with Crippen molar-refractivity contribution in [2.75, 3.05) is 12.8 Å². The van der Waals surface area contributed by atoms with E-state index in [1.54, 1.807) is 18.4 Å². The van der Waals surface area contributed by atoms with Crippen LogP contribution in [0.5, 0.6) is 5.75 Å². The number of nitrogens with two attached hydrogens (primary N) is 1. The zero-order chi connectivity index (χ0) is 19.7. The molecule has 2 N–H and O–H groups in total. The fourth-order valence-electron chi connectivity index (χ4n) is 4.07. The molecule has 0 saturated heterocycles. The second-order valence-electron chi connectivity index (χ2n) is 7.84. The third kappa shape index (κ3) is 3.79. The molecule has 0 radical (unpaired) electrons. The van der Waals surface area contributed by atoms with E-state index >= 15 is 0 Å². The van der Waals surface area contributed by atoms with Gasteiger partial charge in [0.25, 0.3) is 0 Å². The number of thiazole rings is 1. The molecule has 1 aliphatic carbocycles. The van der Waals surface area contributed by atoms with Crippen LogP contribution in [0.15, 0.2) is 29.6 Å². The second kappa shape index (κ2) is 7.96. The van der Waals surface area contributed by atoms with Gasteiger partial charge in [-0.05, 0) is 85.5 Å². The predicted octanol–water partition coefficient (Wildman–Crippen LogP) is 5.88. The maximum absolute atomic E-state index is 6.03. The van der Waals surface area contributed by atoms with Gasteiger partial charge in [-0.2, -0.15) is 0 Å². The number of benzene rings is 2. The summed E-state index contributed by atoms with van der Waals surface area (Å²) >= 11 is 1.70. The zero-order valence-corrected chi connectivity index (χ0v) is 17.8. The van der Waals surface area contributed by atoms with Crippen LogP contribution in [0.4, 0.5) is 5.69 Å². The normalized spacial score (nSPS) is 13.8. The van der Waals surface area contributed by atoms with Crippen LogP contribution in [0, 0.1) is 13.8 Å². The Labute approximate surface area is 171 Å². The molecule has 0 aliphatic heterocycles. The predicted molar refractivity (Wildman–Crippen MR) is 118 cm³/mol. The molecule has 0 spiro atoms. The molecule has 4 heteroatoms. The van der Waals surface area contributed by atoms with Gasteiger partial charge < -0.3 is 10.5 Å². The Balaban J connectivity index is 1.66. The van der Waals surface area contributed by atoms with Crippen molar-refractivity contribution >= 4 is 17.0 Å². The Kier molecular flexibility index (Phi) is 5.40. The molecule has 3 nitrogen and oxygen atoms in total. The summed E-state index contributed by atoms with van der Waals surface area (Å²) in [4.78, 5) is 4.96. The highest BCUT2D eigenvalue weighted by atomic mass is 32.1. The minimum absolute atomic E-state index is 0.830. The Bertz CT molecular complexity index is 1010. The van der Waals surface area contributed by atoms with E-state index in [0.717, 1.165) is 52.5 Å². The lowest BCUT2D eigenvalue weighted by Crippen LogP contribution is -1.98. The summed E-state index contributed by atoms with van der Waals surface area (Å²) in [7, 11) is 1.76. The number of aryl methyl sites for hydroxylation is 4. The van der Waals surface area contributed by atoms with Crippen molar-refractivity contribution in [3.8, 4) is 16.3 Å². The van der Waals surface area contributed by atoms with Crippen molar-refractivity contribution in [3.05, 3.63) is 63.2 Å². The second-order valence-corrected chi connectivity index (χ2v) is 8.70. The molecule has 146 valence electrons. The lowest BCUT2D eigenvalue weighted by molar-refractivity contribution is 0.415. The van der Waals surface area contributed by atoms with Crippen LogP contribution in [-0.2, 0) is 19.3 Å². The van der Waals surface area contributed by atoms with Gasteiger partial charge in [0.05, 0.1) is 18.4 Å². The fraction of sp³-hybridized carbons (Fsp3) is 0.375. The van der Waals surface area contributed by atoms with E-state index in [1.165, 1.54) is 41.5 Å². The Morgan fingerprint density at radius 2 is 1.75 bits per heavy atom. The Hall–Kier alpha value is -2.33. The number of rotatable bonds is 4. The van der Waals surface area contributed by atoms with E-state index in [9.17, 15) is 0 Å². The van der Waals surface area contributed by atoms with Crippen molar-refractivity contribution in [2.45, 2.75) is 52.4 Å². The summed E-state index contributed by atoms with van der Waals surface area (Å²) in [6, 6.07) is 8.81. The molecule has 2 aromatic carbocycles. The molecule has 0 unspecified atom stereocenters. The number of nitrogen functional groups attached to an aromatic ring is 1. The molecule has 0 saturated carbocycles. The van der Waals surface area contributed by atoms with Gasteiger partial charge in [0.2, 0.25) is 0 Å². The molecule has 0 bridgehead atoms. The van der Waals surface area contributed by atoms with E-state index in [2.05, 4.69) is 43.5 Å². The van der Waals surface area contributed by atoms with Crippen molar-refractivity contribution in [1.29, 1.82) is 0 Å². The van der Waals surface area contributed by atoms with Gasteiger partial charge in [-0.25, -0.2) is 4.98 Å². The monoisotopic (exact) mass is 392 g/mol. The molecule has 0 amide bonds. The molecule has 4 rings (SSSR count). The van der Waals surface area contributed by atoms with Gasteiger partial charge in [0.1, 0.15) is 10.8 Å². The van der Waals surface area contributed by atoms with E-state index < -0.39 is 0 Å². The minimum Gasteiger partial charge on any atom is -0.496 e. The average Bonchev–Trinajstić information content (AvgIpc) is 3.02.